The summed E-state index contributed by atoms with van der Waals surface area (Å²) in [6, 6.07) is 3.13. The summed E-state index contributed by atoms with van der Waals surface area (Å²) in [5, 5.41) is 10.4. The van der Waals surface area contributed by atoms with Gasteiger partial charge in [0.2, 0.25) is 0 Å². The Bertz CT molecular complexity index is 702. The maximum atomic E-state index is 13.2. The lowest BCUT2D eigenvalue weighted by Crippen LogP contribution is -2.21. The third kappa shape index (κ3) is 2.94. The van der Waals surface area contributed by atoms with Gasteiger partial charge in [0.15, 0.2) is 5.15 Å². The fraction of sp³-hybridized carbons (Fsp3) is 0.0909. The van der Waals surface area contributed by atoms with Crippen LogP contribution in [-0.2, 0) is 6.54 Å². The van der Waals surface area contributed by atoms with E-state index < -0.39 is 16.3 Å². The zero-order chi connectivity index (χ0) is 14.0. The maximum Gasteiger partial charge on any atom is 0.288 e. The highest BCUT2D eigenvalue weighted by atomic mass is 35.5. The Hall–Kier alpha value is -2.28. The highest BCUT2D eigenvalue weighted by Crippen LogP contribution is 2.16. The predicted octanol–water partition coefficient (Wildman–Crippen LogP) is 1.99. The minimum absolute atomic E-state index is 0.0281. The quantitative estimate of drug-likeness (QED) is 0.637. The molecule has 0 radical (unpaired) electrons. The highest BCUT2D eigenvalue weighted by molar-refractivity contribution is 6.29. The van der Waals surface area contributed by atoms with E-state index in [1.165, 1.54) is 23.0 Å². The van der Waals surface area contributed by atoms with Gasteiger partial charge >= 0.3 is 0 Å². The van der Waals surface area contributed by atoms with Gasteiger partial charge in [0.25, 0.3) is 11.2 Å². The molecule has 2 aromatic rings. The number of rotatable bonds is 3. The molecule has 0 amide bonds. The normalized spacial score (nSPS) is 10.4. The van der Waals surface area contributed by atoms with Crippen LogP contribution in [0.25, 0.3) is 0 Å². The van der Waals surface area contributed by atoms with Gasteiger partial charge in [-0.2, -0.15) is 0 Å². The number of aromatic nitrogens is 2. The predicted molar refractivity (Wildman–Crippen MR) is 65.7 cm³/mol. The molecule has 1 aromatic carbocycles. The van der Waals surface area contributed by atoms with Gasteiger partial charge < -0.3 is 4.57 Å². The van der Waals surface area contributed by atoms with Crippen LogP contribution in [0.15, 0.2) is 35.4 Å². The summed E-state index contributed by atoms with van der Waals surface area (Å²) in [5.41, 5.74) is -0.629. The first kappa shape index (κ1) is 13.2. The smallest absolute Gasteiger partial charge is 0.288 e. The number of nitro groups is 1. The van der Waals surface area contributed by atoms with Gasteiger partial charge in [0.1, 0.15) is 5.82 Å². The summed E-state index contributed by atoms with van der Waals surface area (Å²) >= 11 is 5.57. The summed E-state index contributed by atoms with van der Waals surface area (Å²) in [5.74, 6) is -0.739. The Morgan fingerprint density at radius 3 is 2.84 bits per heavy atom. The van der Waals surface area contributed by atoms with Gasteiger partial charge in [-0.15, -0.1) is 0 Å². The Balaban J connectivity index is 2.41. The molecule has 0 aliphatic rings. The van der Waals surface area contributed by atoms with E-state index in [0.717, 1.165) is 12.1 Å². The first-order valence-electron chi connectivity index (χ1n) is 5.12. The van der Waals surface area contributed by atoms with Crippen molar-refractivity contribution in [3.8, 4) is 0 Å². The molecule has 1 aromatic heterocycles. The molecule has 1 heterocycles. The minimum Gasteiger partial charge on any atom is -0.307 e. The van der Waals surface area contributed by atoms with E-state index >= 15 is 0 Å². The first-order valence-corrected chi connectivity index (χ1v) is 5.50. The second-order valence-electron chi connectivity index (χ2n) is 3.73. The molecule has 0 saturated carbocycles. The lowest BCUT2D eigenvalue weighted by molar-refractivity contribution is -0.385. The molecule has 2 rings (SSSR count). The molecule has 0 saturated heterocycles. The van der Waals surface area contributed by atoms with Crippen molar-refractivity contribution in [1.82, 2.24) is 9.55 Å². The number of non-ortho nitro benzene ring substituents is 1. The van der Waals surface area contributed by atoms with Crippen molar-refractivity contribution in [2.45, 2.75) is 6.54 Å². The molecule has 98 valence electrons. The molecule has 0 N–H and O–H groups in total. The molecule has 0 spiro atoms. The van der Waals surface area contributed by atoms with Gasteiger partial charge in [-0.1, -0.05) is 11.6 Å². The molecule has 0 aliphatic heterocycles. The topological polar surface area (TPSA) is 78.0 Å². The average molecular weight is 284 g/mol. The fourth-order valence-electron chi connectivity index (χ4n) is 1.57. The third-order valence-corrected chi connectivity index (χ3v) is 2.64. The summed E-state index contributed by atoms with van der Waals surface area (Å²) in [6.07, 6.45) is 2.68. The van der Waals surface area contributed by atoms with Crippen LogP contribution >= 0.6 is 11.6 Å². The molecule has 8 heteroatoms. The van der Waals surface area contributed by atoms with Crippen molar-refractivity contribution in [2.24, 2.45) is 0 Å². The Kier molecular flexibility index (Phi) is 3.57. The van der Waals surface area contributed by atoms with E-state index in [-0.39, 0.29) is 22.9 Å². The Morgan fingerprint density at radius 2 is 2.16 bits per heavy atom. The number of halogens is 2. The highest BCUT2D eigenvalue weighted by Gasteiger charge is 2.11. The van der Waals surface area contributed by atoms with Crippen molar-refractivity contribution in [3.63, 3.8) is 0 Å². The number of hydrogen-bond acceptors (Lipinski definition) is 4. The van der Waals surface area contributed by atoms with Gasteiger partial charge in [-0.3, -0.25) is 14.9 Å². The van der Waals surface area contributed by atoms with Crippen LogP contribution in [0.1, 0.15) is 5.56 Å². The zero-order valence-corrected chi connectivity index (χ0v) is 10.2. The van der Waals surface area contributed by atoms with Crippen molar-refractivity contribution in [2.75, 3.05) is 0 Å². The van der Waals surface area contributed by atoms with E-state index in [9.17, 15) is 19.3 Å². The number of benzene rings is 1. The largest absolute Gasteiger partial charge is 0.307 e. The van der Waals surface area contributed by atoms with Crippen LogP contribution in [0.4, 0.5) is 10.1 Å². The molecular weight excluding hydrogens is 277 g/mol. The third-order valence-electron chi connectivity index (χ3n) is 2.38. The number of nitrogens with zero attached hydrogens (tertiary/aromatic N) is 3. The minimum atomic E-state index is -0.739. The second-order valence-corrected chi connectivity index (χ2v) is 4.08. The van der Waals surface area contributed by atoms with Crippen molar-refractivity contribution < 1.29 is 9.31 Å². The Labute approximate surface area is 111 Å². The summed E-state index contributed by atoms with van der Waals surface area (Å²) in [7, 11) is 0. The second kappa shape index (κ2) is 5.15. The first-order chi connectivity index (χ1) is 8.97. The summed E-state index contributed by atoms with van der Waals surface area (Å²) in [6.45, 7) is -0.0281. The molecule has 0 bridgehead atoms. The standard InChI is InChI=1S/C11H7ClFN3O3/c12-10-11(17)15(2-1-14-10)6-7-3-8(13)5-9(4-7)16(18)19/h1-5H,6H2. The van der Waals surface area contributed by atoms with Crippen molar-refractivity contribution in [3.05, 3.63) is 67.6 Å². The summed E-state index contributed by atoms with van der Waals surface area (Å²) < 4.78 is 14.4. The van der Waals surface area contributed by atoms with Crippen LogP contribution < -0.4 is 5.56 Å². The molecular formula is C11H7ClFN3O3. The van der Waals surface area contributed by atoms with E-state index in [0.29, 0.717) is 0 Å². The lowest BCUT2D eigenvalue weighted by Gasteiger charge is -2.05. The van der Waals surface area contributed by atoms with Crippen molar-refractivity contribution in [1.29, 1.82) is 0 Å². The monoisotopic (exact) mass is 283 g/mol. The van der Waals surface area contributed by atoms with E-state index in [1.807, 2.05) is 0 Å². The number of hydrogen-bond donors (Lipinski definition) is 0. The van der Waals surface area contributed by atoms with Gasteiger partial charge in [-0.05, 0) is 11.6 Å². The lowest BCUT2D eigenvalue weighted by atomic mass is 10.2. The Morgan fingerprint density at radius 1 is 1.42 bits per heavy atom. The van der Waals surface area contributed by atoms with E-state index in [4.69, 9.17) is 11.6 Å². The van der Waals surface area contributed by atoms with Gasteiger partial charge in [-0.25, -0.2) is 9.37 Å². The number of nitro benzene ring substituents is 1. The van der Waals surface area contributed by atoms with E-state index in [1.54, 1.807) is 0 Å². The SMILES string of the molecule is O=c1c(Cl)nccn1Cc1cc(F)cc([N+](=O)[O-])c1. The van der Waals surface area contributed by atoms with Crippen LogP contribution in [0, 0.1) is 15.9 Å². The van der Waals surface area contributed by atoms with Crippen LogP contribution in [0.5, 0.6) is 0 Å². The maximum absolute atomic E-state index is 13.2. The zero-order valence-electron chi connectivity index (χ0n) is 9.42. The van der Waals surface area contributed by atoms with E-state index in [2.05, 4.69) is 4.98 Å². The van der Waals surface area contributed by atoms with Crippen molar-refractivity contribution >= 4 is 17.3 Å². The van der Waals surface area contributed by atoms with Crippen LogP contribution in [0.3, 0.4) is 0 Å². The molecule has 0 aliphatic carbocycles. The average Bonchev–Trinajstić information content (AvgIpc) is 2.34. The molecule has 6 nitrogen and oxygen atoms in total. The fourth-order valence-corrected chi connectivity index (χ4v) is 1.74. The molecule has 0 fully saturated rings. The van der Waals surface area contributed by atoms with Crippen LogP contribution in [0.2, 0.25) is 5.15 Å². The van der Waals surface area contributed by atoms with Gasteiger partial charge in [0.05, 0.1) is 17.5 Å². The molecule has 0 unspecified atom stereocenters. The van der Waals surface area contributed by atoms with Crippen LogP contribution in [-0.4, -0.2) is 14.5 Å². The molecule has 19 heavy (non-hydrogen) atoms. The van der Waals surface area contributed by atoms with Gasteiger partial charge in [0, 0.05) is 18.5 Å². The molecule has 0 atom stereocenters. The summed E-state index contributed by atoms with van der Waals surface area (Å²) in [4.78, 5) is 25.1.